The van der Waals surface area contributed by atoms with E-state index >= 15 is 0 Å². The largest absolute Gasteiger partial charge is 0.409 e. The fourth-order valence-corrected chi connectivity index (χ4v) is 2.30. The molecule has 0 fully saturated rings. The van der Waals surface area contributed by atoms with E-state index in [2.05, 4.69) is 15.2 Å². The van der Waals surface area contributed by atoms with Gasteiger partial charge in [-0.05, 0) is 25.1 Å². The van der Waals surface area contributed by atoms with E-state index in [0.717, 1.165) is 31.5 Å². The van der Waals surface area contributed by atoms with Crippen molar-refractivity contribution in [2.45, 2.75) is 32.2 Å². The van der Waals surface area contributed by atoms with E-state index in [1.807, 2.05) is 0 Å². The standard InChI is InChI=1S/C11H12N4O2S/c16-10-7(9-13-14-11(18)17-9)6-12-8-4-2-1-3-5-15(8)10/h6H,1-5H2,(H,14,18). The van der Waals surface area contributed by atoms with Gasteiger partial charge in [0.25, 0.3) is 16.3 Å². The van der Waals surface area contributed by atoms with Gasteiger partial charge in [-0.15, -0.1) is 5.10 Å². The van der Waals surface area contributed by atoms with Crippen LogP contribution in [0, 0.1) is 4.84 Å². The molecule has 0 aromatic carbocycles. The number of aryl methyl sites for hydroxylation is 1. The molecule has 0 bridgehead atoms. The molecule has 2 aromatic heterocycles. The summed E-state index contributed by atoms with van der Waals surface area (Å²) in [5.74, 6) is 1.05. The molecule has 3 rings (SSSR count). The lowest BCUT2D eigenvalue weighted by molar-refractivity contribution is 0.546. The molecular weight excluding hydrogens is 252 g/mol. The molecule has 0 spiro atoms. The van der Waals surface area contributed by atoms with Crippen LogP contribution in [0.1, 0.15) is 25.1 Å². The summed E-state index contributed by atoms with van der Waals surface area (Å²) in [7, 11) is 0. The van der Waals surface area contributed by atoms with Gasteiger partial charge < -0.3 is 4.42 Å². The molecule has 0 aliphatic carbocycles. The van der Waals surface area contributed by atoms with Crippen LogP contribution >= 0.6 is 12.2 Å². The summed E-state index contributed by atoms with van der Waals surface area (Å²) in [6.45, 7) is 0.708. The fourth-order valence-electron chi connectivity index (χ4n) is 2.18. The van der Waals surface area contributed by atoms with Crippen LogP contribution < -0.4 is 5.56 Å². The van der Waals surface area contributed by atoms with Crippen molar-refractivity contribution >= 4 is 12.2 Å². The third kappa shape index (κ3) is 1.90. The minimum atomic E-state index is -0.104. The van der Waals surface area contributed by atoms with Crippen LogP contribution in [0.4, 0.5) is 0 Å². The smallest absolute Gasteiger partial charge is 0.284 e. The number of fused-ring (bicyclic) bond motifs is 1. The Kier molecular flexibility index (Phi) is 2.83. The molecule has 0 atom stereocenters. The third-order valence-electron chi connectivity index (χ3n) is 3.08. The second-order valence-corrected chi connectivity index (χ2v) is 4.64. The van der Waals surface area contributed by atoms with Gasteiger partial charge in [-0.25, -0.2) is 10.1 Å². The highest BCUT2D eigenvalue weighted by Gasteiger charge is 2.16. The summed E-state index contributed by atoms with van der Waals surface area (Å²) in [5.41, 5.74) is 0.250. The Morgan fingerprint density at radius 1 is 1.39 bits per heavy atom. The minimum absolute atomic E-state index is 0.104. The third-order valence-corrected chi connectivity index (χ3v) is 3.26. The van der Waals surface area contributed by atoms with Crippen LogP contribution in [0.25, 0.3) is 11.5 Å². The first-order valence-corrected chi connectivity index (χ1v) is 6.31. The van der Waals surface area contributed by atoms with Gasteiger partial charge in [0, 0.05) is 19.2 Å². The summed E-state index contributed by atoms with van der Waals surface area (Å²) in [4.78, 5) is 16.8. The molecule has 0 saturated carbocycles. The molecule has 3 heterocycles. The summed E-state index contributed by atoms with van der Waals surface area (Å²) >= 11 is 4.80. The molecule has 0 saturated heterocycles. The van der Waals surface area contributed by atoms with Crippen molar-refractivity contribution < 1.29 is 4.42 Å². The van der Waals surface area contributed by atoms with Crippen LogP contribution in [0.15, 0.2) is 15.4 Å². The zero-order valence-electron chi connectivity index (χ0n) is 9.68. The molecule has 1 aliphatic rings. The topological polar surface area (TPSA) is 76.7 Å². The SMILES string of the molecule is O=c1c(-c2n[nH]c(=S)o2)cnc2n1CCCCC2. The molecule has 1 N–H and O–H groups in total. The number of hydrogen-bond acceptors (Lipinski definition) is 5. The molecule has 0 radical (unpaired) electrons. The van der Waals surface area contributed by atoms with E-state index in [9.17, 15) is 4.79 Å². The van der Waals surface area contributed by atoms with Crippen LogP contribution in [0.5, 0.6) is 0 Å². The first-order valence-electron chi connectivity index (χ1n) is 5.90. The zero-order valence-corrected chi connectivity index (χ0v) is 10.5. The summed E-state index contributed by atoms with van der Waals surface area (Å²) in [6.07, 6.45) is 5.57. The molecule has 2 aromatic rings. The second kappa shape index (κ2) is 4.49. The minimum Gasteiger partial charge on any atom is -0.409 e. The average Bonchev–Trinajstić information content (AvgIpc) is 2.65. The maximum Gasteiger partial charge on any atom is 0.284 e. The van der Waals surface area contributed by atoms with Crippen LogP contribution in [-0.4, -0.2) is 19.7 Å². The second-order valence-electron chi connectivity index (χ2n) is 4.27. The maximum atomic E-state index is 12.4. The summed E-state index contributed by atoms with van der Waals surface area (Å²) in [5, 5.41) is 6.38. The first kappa shape index (κ1) is 11.3. The Morgan fingerprint density at radius 2 is 2.28 bits per heavy atom. The fraction of sp³-hybridized carbons (Fsp3) is 0.455. The van der Waals surface area contributed by atoms with Crippen molar-refractivity contribution in [2.75, 3.05) is 0 Å². The van der Waals surface area contributed by atoms with Gasteiger partial charge in [0.1, 0.15) is 11.4 Å². The number of rotatable bonds is 1. The molecular formula is C11H12N4O2S. The summed E-state index contributed by atoms with van der Waals surface area (Å²) < 4.78 is 6.89. The van der Waals surface area contributed by atoms with Crippen LogP contribution in [0.3, 0.4) is 0 Å². The van der Waals surface area contributed by atoms with E-state index in [4.69, 9.17) is 16.6 Å². The van der Waals surface area contributed by atoms with Crippen molar-refractivity contribution in [1.29, 1.82) is 0 Å². The zero-order chi connectivity index (χ0) is 12.5. The van der Waals surface area contributed by atoms with E-state index in [1.165, 1.54) is 6.20 Å². The van der Waals surface area contributed by atoms with E-state index in [1.54, 1.807) is 4.57 Å². The number of hydrogen-bond donors (Lipinski definition) is 1. The molecule has 1 aliphatic heterocycles. The van der Waals surface area contributed by atoms with Gasteiger partial charge in [-0.2, -0.15) is 0 Å². The van der Waals surface area contributed by atoms with Gasteiger partial charge in [-0.3, -0.25) is 9.36 Å². The predicted octanol–water partition coefficient (Wildman–Crippen LogP) is 1.68. The van der Waals surface area contributed by atoms with Crippen molar-refractivity contribution in [3.05, 3.63) is 27.2 Å². The number of aromatic nitrogens is 4. The highest BCUT2D eigenvalue weighted by Crippen LogP contribution is 2.15. The van der Waals surface area contributed by atoms with E-state index in [0.29, 0.717) is 12.1 Å². The Labute approximate surface area is 108 Å². The number of aromatic amines is 1. The molecule has 7 heteroatoms. The van der Waals surface area contributed by atoms with Crippen LogP contribution in [-0.2, 0) is 13.0 Å². The Morgan fingerprint density at radius 3 is 3.06 bits per heavy atom. The molecule has 18 heavy (non-hydrogen) atoms. The van der Waals surface area contributed by atoms with Crippen molar-refractivity contribution in [1.82, 2.24) is 19.7 Å². The number of nitrogens with one attached hydrogen (secondary N) is 1. The highest BCUT2D eigenvalue weighted by molar-refractivity contribution is 7.71. The maximum absolute atomic E-state index is 12.4. The van der Waals surface area contributed by atoms with Crippen molar-refractivity contribution in [3.8, 4) is 11.5 Å². The van der Waals surface area contributed by atoms with Crippen LogP contribution in [0.2, 0.25) is 0 Å². The normalized spacial score (nSPS) is 15.1. The van der Waals surface area contributed by atoms with Crippen molar-refractivity contribution in [2.24, 2.45) is 0 Å². The van der Waals surface area contributed by atoms with E-state index in [-0.39, 0.29) is 16.3 Å². The Hall–Kier alpha value is -1.76. The number of H-pyrrole nitrogens is 1. The lowest BCUT2D eigenvalue weighted by Crippen LogP contribution is -2.25. The van der Waals surface area contributed by atoms with Gasteiger partial charge in [0.05, 0.1) is 0 Å². The molecule has 0 amide bonds. The average molecular weight is 264 g/mol. The lowest BCUT2D eigenvalue weighted by Gasteiger charge is -2.08. The Bertz CT molecular complexity index is 685. The van der Waals surface area contributed by atoms with Gasteiger partial charge in [0.2, 0.25) is 0 Å². The quantitative estimate of drug-likeness (QED) is 0.793. The first-order chi connectivity index (χ1) is 8.75. The van der Waals surface area contributed by atoms with Gasteiger partial charge in [-0.1, -0.05) is 6.42 Å². The molecule has 0 unspecified atom stereocenters. The highest BCUT2D eigenvalue weighted by atomic mass is 32.1. The molecule has 94 valence electrons. The number of nitrogens with zero attached hydrogens (tertiary/aromatic N) is 3. The summed E-state index contributed by atoms with van der Waals surface area (Å²) in [6, 6.07) is 0. The molecule has 6 nitrogen and oxygen atoms in total. The lowest BCUT2D eigenvalue weighted by atomic mass is 10.2. The van der Waals surface area contributed by atoms with E-state index < -0.39 is 0 Å². The predicted molar refractivity (Wildman–Crippen MR) is 66.7 cm³/mol. The van der Waals surface area contributed by atoms with Crippen molar-refractivity contribution in [3.63, 3.8) is 0 Å². The monoisotopic (exact) mass is 264 g/mol. The Balaban J connectivity index is 2.16. The van der Waals surface area contributed by atoms with Gasteiger partial charge in [0.15, 0.2) is 0 Å². The van der Waals surface area contributed by atoms with Gasteiger partial charge >= 0.3 is 0 Å².